The molecule has 2 rings (SSSR count). The zero-order chi connectivity index (χ0) is 13.7. The lowest BCUT2D eigenvalue weighted by Gasteiger charge is -2.07. The molecule has 0 aromatic heterocycles. The summed E-state index contributed by atoms with van der Waals surface area (Å²) in [4.78, 5) is 0.184. The Morgan fingerprint density at radius 2 is 2.05 bits per heavy atom. The predicted octanol–water partition coefficient (Wildman–Crippen LogP) is 1.12. The fraction of sp³-hybridized carbons (Fsp3) is 0.500. The van der Waals surface area contributed by atoms with E-state index in [1.807, 2.05) is 0 Å². The lowest BCUT2D eigenvalue weighted by molar-refractivity contribution is 0.174. The van der Waals surface area contributed by atoms with Crippen molar-refractivity contribution >= 4 is 10.0 Å². The van der Waals surface area contributed by atoms with Crippen molar-refractivity contribution in [2.75, 3.05) is 27.1 Å². The fourth-order valence-corrected chi connectivity index (χ4v) is 2.79. The number of nitrogens with one attached hydrogen (secondary N) is 1. The van der Waals surface area contributed by atoms with Gasteiger partial charge in [-0.05, 0) is 25.0 Å². The minimum atomic E-state index is -3.50. The highest BCUT2D eigenvalue weighted by Crippen LogP contribution is 2.33. The number of rotatable bonds is 7. The first kappa shape index (κ1) is 14.1. The maximum absolute atomic E-state index is 12.0. The van der Waals surface area contributed by atoms with E-state index in [2.05, 4.69) is 4.72 Å². The number of hydrogen-bond donors (Lipinski definition) is 1. The summed E-state index contributed by atoms with van der Waals surface area (Å²) in [6.07, 6.45) is 1.55. The molecule has 1 aliphatic rings. The highest BCUT2D eigenvalue weighted by Gasteiger charge is 2.19. The highest BCUT2D eigenvalue weighted by molar-refractivity contribution is 7.89. The first-order valence-electron chi connectivity index (χ1n) is 6.02. The second kappa shape index (κ2) is 6.23. The molecule has 106 valence electrons. The van der Waals surface area contributed by atoms with E-state index in [-0.39, 0.29) is 11.7 Å². The molecule has 6 nitrogen and oxygen atoms in total. The Labute approximate surface area is 112 Å². The Bertz CT molecular complexity index is 529. The topological polar surface area (TPSA) is 73.9 Å². The van der Waals surface area contributed by atoms with Crippen LogP contribution in [0.4, 0.5) is 0 Å². The average Bonchev–Trinajstić information content (AvgIpc) is 2.85. The van der Waals surface area contributed by atoms with Crippen LogP contribution in [0, 0.1) is 0 Å². The quantitative estimate of drug-likeness (QED) is 0.761. The largest absolute Gasteiger partial charge is 0.454 e. The van der Waals surface area contributed by atoms with Gasteiger partial charge in [0.05, 0.1) is 4.90 Å². The molecule has 0 unspecified atom stereocenters. The zero-order valence-corrected chi connectivity index (χ0v) is 11.5. The van der Waals surface area contributed by atoms with Crippen LogP contribution in [0.25, 0.3) is 0 Å². The Morgan fingerprint density at radius 3 is 2.84 bits per heavy atom. The van der Waals surface area contributed by atoms with E-state index >= 15 is 0 Å². The van der Waals surface area contributed by atoms with Crippen molar-refractivity contribution in [3.05, 3.63) is 18.2 Å². The lowest BCUT2D eigenvalue weighted by Crippen LogP contribution is -2.24. The smallest absolute Gasteiger partial charge is 0.240 e. The van der Waals surface area contributed by atoms with Crippen LogP contribution in [-0.2, 0) is 14.8 Å². The number of benzene rings is 1. The van der Waals surface area contributed by atoms with E-state index < -0.39 is 10.0 Å². The first-order valence-corrected chi connectivity index (χ1v) is 7.50. The van der Waals surface area contributed by atoms with Crippen molar-refractivity contribution in [3.63, 3.8) is 0 Å². The number of methoxy groups -OCH3 is 1. The van der Waals surface area contributed by atoms with Crippen LogP contribution in [0.2, 0.25) is 0 Å². The summed E-state index contributed by atoms with van der Waals surface area (Å²) in [7, 11) is -1.87. The normalized spacial score (nSPS) is 13.7. The molecule has 0 saturated carbocycles. The van der Waals surface area contributed by atoms with Gasteiger partial charge in [-0.25, -0.2) is 13.1 Å². The molecular weight excluding hydrogens is 270 g/mol. The minimum absolute atomic E-state index is 0.128. The van der Waals surface area contributed by atoms with Gasteiger partial charge in [-0.1, -0.05) is 0 Å². The molecule has 0 bridgehead atoms. The second-order valence-electron chi connectivity index (χ2n) is 4.11. The Morgan fingerprint density at radius 1 is 1.26 bits per heavy atom. The molecule has 0 fully saturated rings. The third-order valence-electron chi connectivity index (χ3n) is 2.72. The molecule has 1 N–H and O–H groups in total. The van der Waals surface area contributed by atoms with Crippen molar-refractivity contribution in [2.24, 2.45) is 0 Å². The summed E-state index contributed by atoms with van der Waals surface area (Å²) in [5.74, 6) is 1.03. The minimum Gasteiger partial charge on any atom is -0.454 e. The van der Waals surface area contributed by atoms with Crippen molar-refractivity contribution < 1.29 is 22.6 Å². The SMILES string of the molecule is COCCCCNS(=O)(=O)c1ccc2c(c1)OCO2. The number of hydrogen-bond acceptors (Lipinski definition) is 5. The number of sulfonamides is 1. The molecule has 7 heteroatoms. The summed E-state index contributed by atoms with van der Waals surface area (Å²) in [5, 5.41) is 0. The van der Waals surface area contributed by atoms with Gasteiger partial charge >= 0.3 is 0 Å². The third kappa shape index (κ3) is 3.59. The van der Waals surface area contributed by atoms with E-state index in [0.717, 1.165) is 12.8 Å². The fourth-order valence-electron chi connectivity index (χ4n) is 1.71. The molecule has 0 radical (unpaired) electrons. The molecule has 1 aromatic carbocycles. The number of unbranched alkanes of at least 4 members (excludes halogenated alkanes) is 1. The second-order valence-corrected chi connectivity index (χ2v) is 5.88. The van der Waals surface area contributed by atoms with Crippen molar-refractivity contribution in [1.82, 2.24) is 4.72 Å². The summed E-state index contributed by atoms with van der Waals surface area (Å²) >= 11 is 0. The molecule has 19 heavy (non-hydrogen) atoms. The standard InChI is InChI=1S/C12H17NO5S/c1-16-7-3-2-6-13-19(14,15)10-4-5-11-12(8-10)18-9-17-11/h4-5,8,13H,2-3,6-7,9H2,1H3. The summed E-state index contributed by atoms with van der Waals surface area (Å²) < 4.78 is 41.8. The average molecular weight is 287 g/mol. The molecule has 1 aromatic rings. The first-order chi connectivity index (χ1) is 9.13. The van der Waals surface area contributed by atoms with Gasteiger partial charge in [-0.2, -0.15) is 0 Å². The molecule has 1 aliphatic heterocycles. The van der Waals surface area contributed by atoms with E-state index in [1.54, 1.807) is 13.2 Å². The predicted molar refractivity (Wildman–Crippen MR) is 68.9 cm³/mol. The maximum Gasteiger partial charge on any atom is 0.240 e. The molecule has 0 spiro atoms. The van der Waals surface area contributed by atoms with Gasteiger partial charge in [-0.3, -0.25) is 0 Å². The Kier molecular flexibility index (Phi) is 4.62. The summed E-state index contributed by atoms with van der Waals surface area (Å²) in [6, 6.07) is 4.58. The van der Waals surface area contributed by atoms with Gasteiger partial charge in [0.25, 0.3) is 0 Å². The van der Waals surface area contributed by atoms with Crippen molar-refractivity contribution in [2.45, 2.75) is 17.7 Å². The monoisotopic (exact) mass is 287 g/mol. The molecule has 0 amide bonds. The van der Waals surface area contributed by atoms with Gasteiger partial charge in [0.2, 0.25) is 16.8 Å². The van der Waals surface area contributed by atoms with Gasteiger partial charge in [0, 0.05) is 26.3 Å². The Balaban J connectivity index is 1.95. The molecule has 0 aliphatic carbocycles. The molecule has 1 heterocycles. The van der Waals surface area contributed by atoms with Crippen LogP contribution < -0.4 is 14.2 Å². The van der Waals surface area contributed by atoms with E-state index in [1.165, 1.54) is 12.1 Å². The summed E-state index contributed by atoms with van der Waals surface area (Å²) in [6.45, 7) is 1.15. The van der Waals surface area contributed by atoms with E-state index in [9.17, 15) is 8.42 Å². The zero-order valence-electron chi connectivity index (χ0n) is 10.7. The van der Waals surface area contributed by atoms with Crippen molar-refractivity contribution in [1.29, 1.82) is 0 Å². The van der Waals surface area contributed by atoms with Crippen molar-refractivity contribution in [3.8, 4) is 11.5 Å². The van der Waals surface area contributed by atoms with Crippen LogP contribution in [0.5, 0.6) is 11.5 Å². The van der Waals surface area contributed by atoms with Gasteiger partial charge in [0.15, 0.2) is 11.5 Å². The van der Waals surface area contributed by atoms with E-state index in [4.69, 9.17) is 14.2 Å². The number of fused-ring (bicyclic) bond motifs is 1. The van der Waals surface area contributed by atoms with Gasteiger partial charge < -0.3 is 14.2 Å². The lowest BCUT2D eigenvalue weighted by atomic mass is 10.3. The van der Waals surface area contributed by atoms with Gasteiger partial charge in [0.1, 0.15) is 0 Å². The maximum atomic E-state index is 12.0. The van der Waals surface area contributed by atoms with Crippen LogP contribution in [0.3, 0.4) is 0 Å². The van der Waals surface area contributed by atoms with Crippen LogP contribution >= 0.6 is 0 Å². The third-order valence-corrected chi connectivity index (χ3v) is 4.18. The Hall–Kier alpha value is -1.31. The summed E-state index contributed by atoms with van der Waals surface area (Å²) in [5.41, 5.74) is 0. The molecule has 0 atom stereocenters. The number of ether oxygens (including phenoxy) is 3. The highest BCUT2D eigenvalue weighted by atomic mass is 32.2. The van der Waals surface area contributed by atoms with Crippen LogP contribution in [-0.4, -0.2) is 35.5 Å². The molecular formula is C12H17NO5S. The van der Waals surface area contributed by atoms with Crippen LogP contribution in [0.1, 0.15) is 12.8 Å². The van der Waals surface area contributed by atoms with Crippen LogP contribution in [0.15, 0.2) is 23.1 Å². The van der Waals surface area contributed by atoms with Gasteiger partial charge in [-0.15, -0.1) is 0 Å². The van der Waals surface area contributed by atoms with E-state index in [0.29, 0.717) is 24.7 Å². The molecule has 0 saturated heterocycles.